The predicted octanol–water partition coefficient (Wildman–Crippen LogP) is 3.35. The number of methoxy groups -OCH3 is 1. The van der Waals surface area contributed by atoms with Gasteiger partial charge in [-0.1, -0.05) is 0 Å². The van der Waals surface area contributed by atoms with Gasteiger partial charge in [0.25, 0.3) is 0 Å². The van der Waals surface area contributed by atoms with Crippen LogP contribution in [0.25, 0.3) is 0 Å². The molecule has 0 spiro atoms. The SMILES string of the molecule is COc1ccc(Oc2nccnc2C)c(Br)c1. The Morgan fingerprint density at radius 1 is 1.18 bits per heavy atom. The topological polar surface area (TPSA) is 44.2 Å². The van der Waals surface area contributed by atoms with Crippen LogP contribution in [0.2, 0.25) is 0 Å². The van der Waals surface area contributed by atoms with E-state index < -0.39 is 0 Å². The first-order valence-electron chi connectivity index (χ1n) is 4.99. The molecule has 0 aliphatic carbocycles. The second-order valence-electron chi connectivity index (χ2n) is 3.35. The molecule has 0 aliphatic rings. The van der Waals surface area contributed by atoms with E-state index in [1.807, 2.05) is 25.1 Å². The average Bonchev–Trinajstić information content (AvgIpc) is 2.34. The van der Waals surface area contributed by atoms with E-state index in [2.05, 4.69) is 25.9 Å². The minimum absolute atomic E-state index is 0.498. The number of hydrogen-bond acceptors (Lipinski definition) is 4. The first-order valence-corrected chi connectivity index (χ1v) is 5.79. The maximum absolute atomic E-state index is 5.66. The van der Waals surface area contributed by atoms with E-state index >= 15 is 0 Å². The lowest BCUT2D eigenvalue weighted by Crippen LogP contribution is -1.94. The molecule has 0 amide bonds. The Balaban J connectivity index is 2.28. The molecule has 1 aromatic heterocycles. The van der Waals surface area contributed by atoms with Crippen molar-refractivity contribution < 1.29 is 9.47 Å². The maximum Gasteiger partial charge on any atom is 0.240 e. The Labute approximate surface area is 108 Å². The molecular weight excluding hydrogens is 284 g/mol. The van der Waals surface area contributed by atoms with Crippen molar-refractivity contribution in [2.45, 2.75) is 6.92 Å². The van der Waals surface area contributed by atoms with Crippen LogP contribution in [0.15, 0.2) is 35.1 Å². The third kappa shape index (κ3) is 2.74. The minimum atomic E-state index is 0.498. The molecule has 2 rings (SSSR count). The van der Waals surface area contributed by atoms with Crippen LogP contribution in [-0.4, -0.2) is 17.1 Å². The summed E-state index contributed by atoms with van der Waals surface area (Å²) in [5.74, 6) is 1.94. The van der Waals surface area contributed by atoms with Crippen LogP contribution in [0.4, 0.5) is 0 Å². The van der Waals surface area contributed by atoms with Crippen LogP contribution in [0.3, 0.4) is 0 Å². The van der Waals surface area contributed by atoms with E-state index in [9.17, 15) is 0 Å². The monoisotopic (exact) mass is 294 g/mol. The Kier molecular flexibility index (Phi) is 3.58. The highest BCUT2D eigenvalue weighted by Crippen LogP contribution is 2.32. The summed E-state index contributed by atoms with van der Waals surface area (Å²) in [6.45, 7) is 1.85. The Bertz CT molecular complexity index is 532. The fourth-order valence-corrected chi connectivity index (χ4v) is 1.73. The standard InChI is InChI=1S/C12H11BrN2O2/c1-8-12(15-6-5-14-8)17-11-4-3-9(16-2)7-10(11)13/h3-7H,1-2H3. The first kappa shape index (κ1) is 11.9. The summed E-state index contributed by atoms with van der Waals surface area (Å²) in [6, 6.07) is 5.48. The van der Waals surface area contributed by atoms with Crippen LogP contribution in [0.5, 0.6) is 17.4 Å². The molecule has 0 saturated heterocycles. The van der Waals surface area contributed by atoms with Gasteiger partial charge in [0.15, 0.2) is 0 Å². The summed E-state index contributed by atoms with van der Waals surface area (Å²) in [7, 11) is 1.62. The van der Waals surface area contributed by atoms with Gasteiger partial charge in [0.05, 0.1) is 17.3 Å². The Hall–Kier alpha value is -1.62. The van der Waals surface area contributed by atoms with E-state index in [0.29, 0.717) is 11.6 Å². The molecule has 0 saturated carbocycles. The van der Waals surface area contributed by atoms with Crippen molar-refractivity contribution in [3.05, 3.63) is 40.8 Å². The number of rotatable bonds is 3. The van der Waals surface area contributed by atoms with Gasteiger partial charge < -0.3 is 9.47 Å². The number of aromatic nitrogens is 2. The Morgan fingerprint density at radius 2 is 1.94 bits per heavy atom. The zero-order valence-electron chi connectivity index (χ0n) is 9.48. The molecule has 5 heteroatoms. The maximum atomic E-state index is 5.66. The number of halogens is 1. The van der Waals surface area contributed by atoms with Gasteiger partial charge in [-0.2, -0.15) is 0 Å². The predicted molar refractivity (Wildman–Crippen MR) is 67.5 cm³/mol. The molecule has 4 nitrogen and oxygen atoms in total. The molecule has 0 radical (unpaired) electrons. The molecule has 17 heavy (non-hydrogen) atoms. The van der Waals surface area contributed by atoms with E-state index in [1.165, 1.54) is 0 Å². The number of hydrogen-bond donors (Lipinski definition) is 0. The van der Waals surface area contributed by atoms with E-state index in [1.54, 1.807) is 19.5 Å². The highest BCUT2D eigenvalue weighted by atomic mass is 79.9. The summed E-state index contributed by atoms with van der Waals surface area (Å²) in [6.07, 6.45) is 3.23. The molecule has 1 aromatic carbocycles. The van der Waals surface area contributed by atoms with E-state index in [4.69, 9.17) is 9.47 Å². The lowest BCUT2D eigenvalue weighted by atomic mass is 10.3. The van der Waals surface area contributed by atoms with Gasteiger partial charge in [-0.3, -0.25) is 4.98 Å². The van der Waals surface area contributed by atoms with Crippen LogP contribution in [0.1, 0.15) is 5.69 Å². The van der Waals surface area contributed by atoms with Gasteiger partial charge in [0.1, 0.15) is 11.5 Å². The molecule has 0 aliphatic heterocycles. The molecule has 0 atom stereocenters. The molecular formula is C12H11BrN2O2. The number of aryl methyl sites for hydroxylation is 1. The van der Waals surface area contributed by atoms with E-state index in [0.717, 1.165) is 15.9 Å². The lowest BCUT2D eigenvalue weighted by Gasteiger charge is -2.09. The summed E-state index contributed by atoms with van der Waals surface area (Å²) in [5.41, 5.74) is 0.746. The van der Waals surface area contributed by atoms with Gasteiger partial charge in [0, 0.05) is 12.4 Å². The molecule has 88 valence electrons. The largest absolute Gasteiger partial charge is 0.497 e. The van der Waals surface area contributed by atoms with Gasteiger partial charge in [-0.25, -0.2) is 4.98 Å². The minimum Gasteiger partial charge on any atom is -0.497 e. The normalized spacial score (nSPS) is 10.1. The molecule has 1 heterocycles. The van der Waals surface area contributed by atoms with Crippen LogP contribution < -0.4 is 9.47 Å². The second-order valence-corrected chi connectivity index (χ2v) is 4.20. The summed E-state index contributed by atoms with van der Waals surface area (Å²) in [4.78, 5) is 8.23. The first-order chi connectivity index (χ1) is 8.20. The van der Waals surface area contributed by atoms with Crippen molar-refractivity contribution in [3.8, 4) is 17.4 Å². The van der Waals surface area contributed by atoms with Crippen molar-refractivity contribution in [1.29, 1.82) is 0 Å². The van der Waals surface area contributed by atoms with Gasteiger partial charge in [-0.15, -0.1) is 0 Å². The highest BCUT2D eigenvalue weighted by Gasteiger charge is 2.07. The van der Waals surface area contributed by atoms with Crippen molar-refractivity contribution >= 4 is 15.9 Å². The third-order valence-electron chi connectivity index (χ3n) is 2.18. The molecule has 0 fully saturated rings. The molecule has 2 aromatic rings. The lowest BCUT2D eigenvalue weighted by molar-refractivity contribution is 0.411. The second kappa shape index (κ2) is 5.14. The summed E-state index contributed by atoms with van der Waals surface area (Å²) < 4.78 is 11.6. The van der Waals surface area contributed by atoms with Crippen LogP contribution >= 0.6 is 15.9 Å². The number of benzene rings is 1. The fourth-order valence-electron chi connectivity index (χ4n) is 1.29. The number of ether oxygens (including phenoxy) is 2. The molecule has 0 bridgehead atoms. The molecule has 0 unspecified atom stereocenters. The number of nitrogens with zero attached hydrogens (tertiary/aromatic N) is 2. The van der Waals surface area contributed by atoms with Crippen molar-refractivity contribution in [3.63, 3.8) is 0 Å². The zero-order chi connectivity index (χ0) is 12.3. The van der Waals surface area contributed by atoms with E-state index in [-0.39, 0.29) is 0 Å². The smallest absolute Gasteiger partial charge is 0.240 e. The summed E-state index contributed by atoms with van der Waals surface area (Å²) >= 11 is 3.42. The quantitative estimate of drug-likeness (QED) is 0.871. The highest BCUT2D eigenvalue weighted by molar-refractivity contribution is 9.10. The third-order valence-corrected chi connectivity index (χ3v) is 2.80. The van der Waals surface area contributed by atoms with Gasteiger partial charge >= 0.3 is 0 Å². The van der Waals surface area contributed by atoms with Crippen molar-refractivity contribution in [1.82, 2.24) is 9.97 Å². The average molecular weight is 295 g/mol. The Morgan fingerprint density at radius 3 is 2.59 bits per heavy atom. The zero-order valence-corrected chi connectivity index (χ0v) is 11.1. The summed E-state index contributed by atoms with van der Waals surface area (Å²) in [5, 5.41) is 0. The van der Waals surface area contributed by atoms with Gasteiger partial charge in [-0.05, 0) is 41.1 Å². The fraction of sp³-hybridized carbons (Fsp3) is 0.167. The van der Waals surface area contributed by atoms with Crippen LogP contribution in [-0.2, 0) is 0 Å². The molecule has 0 N–H and O–H groups in total. The van der Waals surface area contributed by atoms with Crippen molar-refractivity contribution in [2.75, 3.05) is 7.11 Å². The van der Waals surface area contributed by atoms with Crippen LogP contribution in [0, 0.1) is 6.92 Å². The van der Waals surface area contributed by atoms with Gasteiger partial charge in [0.2, 0.25) is 5.88 Å². The van der Waals surface area contributed by atoms with Crippen molar-refractivity contribution in [2.24, 2.45) is 0 Å².